The van der Waals surface area contributed by atoms with Gasteiger partial charge in [0.15, 0.2) is 0 Å². The Hall–Kier alpha value is -2.22. The maximum absolute atomic E-state index is 12.6. The SMILES string of the molecule is COC(=O)C[C@H](NC(=O)c1csc(-c2cccs2)n1)c1ccc(Cl)cc1. The summed E-state index contributed by atoms with van der Waals surface area (Å²) in [6.45, 7) is 0. The number of nitrogens with one attached hydrogen (secondary N) is 1. The number of aromatic nitrogens is 1. The maximum Gasteiger partial charge on any atom is 0.307 e. The lowest BCUT2D eigenvalue weighted by atomic mass is 10.0. The van der Waals surface area contributed by atoms with Gasteiger partial charge in [-0.1, -0.05) is 29.8 Å². The molecule has 5 nitrogen and oxygen atoms in total. The summed E-state index contributed by atoms with van der Waals surface area (Å²) in [6.07, 6.45) is 0.0196. The van der Waals surface area contributed by atoms with E-state index in [0.29, 0.717) is 10.7 Å². The summed E-state index contributed by atoms with van der Waals surface area (Å²) >= 11 is 8.89. The van der Waals surface area contributed by atoms with Crippen molar-refractivity contribution in [2.45, 2.75) is 12.5 Å². The highest BCUT2D eigenvalue weighted by atomic mass is 35.5. The predicted octanol–water partition coefficient (Wildman–Crippen LogP) is 4.56. The van der Waals surface area contributed by atoms with Gasteiger partial charge in [0, 0.05) is 10.4 Å². The van der Waals surface area contributed by atoms with Gasteiger partial charge in [-0.2, -0.15) is 0 Å². The van der Waals surface area contributed by atoms with E-state index >= 15 is 0 Å². The van der Waals surface area contributed by atoms with Crippen molar-refractivity contribution in [2.24, 2.45) is 0 Å². The molecular formula is C18H15ClN2O3S2. The Morgan fingerprint density at radius 1 is 1.23 bits per heavy atom. The molecule has 26 heavy (non-hydrogen) atoms. The van der Waals surface area contributed by atoms with Crippen LogP contribution in [0.2, 0.25) is 5.02 Å². The molecule has 0 saturated carbocycles. The molecule has 0 aliphatic carbocycles. The molecular weight excluding hydrogens is 392 g/mol. The molecule has 3 aromatic rings. The van der Waals surface area contributed by atoms with Crippen molar-refractivity contribution in [3.8, 4) is 9.88 Å². The largest absolute Gasteiger partial charge is 0.469 e. The van der Waals surface area contributed by atoms with Gasteiger partial charge in [-0.15, -0.1) is 22.7 Å². The lowest BCUT2D eigenvalue weighted by molar-refractivity contribution is -0.141. The lowest BCUT2D eigenvalue weighted by Crippen LogP contribution is -2.30. The van der Waals surface area contributed by atoms with E-state index in [2.05, 4.69) is 10.3 Å². The maximum atomic E-state index is 12.6. The minimum absolute atomic E-state index is 0.0196. The molecule has 2 aromatic heterocycles. The molecule has 0 unspecified atom stereocenters. The van der Waals surface area contributed by atoms with Crippen LogP contribution in [0, 0.1) is 0 Å². The number of benzene rings is 1. The second-order valence-corrected chi connectivity index (χ2v) is 7.62. The summed E-state index contributed by atoms with van der Waals surface area (Å²) in [6, 6.07) is 10.3. The van der Waals surface area contributed by atoms with Gasteiger partial charge in [0.05, 0.1) is 24.4 Å². The molecule has 0 radical (unpaired) electrons. The average molecular weight is 407 g/mol. The minimum atomic E-state index is -0.529. The molecule has 0 bridgehead atoms. The van der Waals surface area contributed by atoms with Crippen LogP contribution < -0.4 is 5.32 Å². The second kappa shape index (κ2) is 8.44. The average Bonchev–Trinajstić information content (AvgIpc) is 3.33. The zero-order valence-corrected chi connectivity index (χ0v) is 16.2. The lowest BCUT2D eigenvalue weighted by Gasteiger charge is -2.17. The summed E-state index contributed by atoms with van der Waals surface area (Å²) in [5.74, 6) is -0.754. The molecule has 134 valence electrons. The van der Waals surface area contributed by atoms with Crippen molar-refractivity contribution in [3.05, 3.63) is 63.4 Å². The number of halogens is 1. The van der Waals surface area contributed by atoms with Crippen LogP contribution in [0.1, 0.15) is 28.5 Å². The standard InChI is InChI=1S/C18H15ClN2O3S2/c1-24-16(22)9-13(11-4-6-12(19)7-5-11)20-17(23)14-10-26-18(21-14)15-3-2-8-25-15/h2-8,10,13H,9H2,1H3,(H,20,23)/t13-/m0/s1. The number of carbonyl (C=O) groups excluding carboxylic acids is 2. The van der Waals surface area contributed by atoms with E-state index in [4.69, 9.17) is 16.3 Å². The van der Waals surface area contributed by atoms with Crippen LogP contribution in [-0.4, -0.2) is 24.0 Å². The number of rotatable bonds is 6. The summed E-state index contributed by atoms with van der Waals surface area (Å²) in [5, 5.41) is 7.90. The third kappa shape index (κ3) is 4.49. The van der Waals surface area contributed by atoms with Crippen molar-refractivity contribution < 1.29 is 14.3 Å². The zero-order chi connectivity index (χ0) is 18.5. The quantitative estimate of drug-likeness (QED) is 0.609. The zero-order valence-electron chi connectivity index (χ0n) is 13.8. The number of thiophene rings is 1. The van der Waals surface area contributed by atoms with E-state index in [1.807, 2.05) is 17.5 Å². The number of hydrogen-bond donors (Lipinski definition) is 1. The minimum Gasteiger partial charge on any atom is -0.469 e. The number of amides is 1. The first kappa shape index (κ1) is 18.6. The molecule has 8 heteroatoms. The fraction of sp³-hybridized carbons (Fsp3) is 0.167. The topological polar surface area (TPSA) is 68.3 Å². The Morgan fingerprint density at radius 2 is 2.00 bits per heavy atom. The Balaban J connectivity index is 1.78. The van der Waals surface area contributed by atoms with Gasteiger partial charge in [0.2, 0.25) is 0 Å². The molecule has 1 atom stereocenters. The third-order valence-corrected chi connectivity index (χ3v) is 5.78. The van der Waals surface area contributed by atoms with Crippen LogP contribution in [0.4, 0.5) is 0 Å². The van der Waals surface area contributed by atoms with E-state index in [0.717, 1.165) is 15.4 Å². The van der Waals surface area contributed by atoms with E-state index in [1.165, 1.54) is 18.4 Å². The monoisotopic (exact) mass is 406 g/mol. The Kier molecular flexibility index (Phi) is 6.03. The number of methoxy groups -OCH3 is 1. The van der Waals surface area contributed by atoms with Gasteiger partial charge in [0.25, 0.3) is 5.91 Å². The van der Waals surface area contributed by atoms with E-state index in [-0.39, 0.29) is 12.3 Å². The molecule has 3 rings (SSSR count). The molecule has 1 N–H and O–H groups in total. The number of carbonyl (C=O) groups is 2. The fourth-order valence-electron chi connectivity index (χ4n) is 2.32. The smallest absolute Gasteiger partial charge is 0.307 e. The molecule has 1 aromatic carbocycles. The first-order valence-corrected chi connectivity index (χ1v) is 9.83. The van der Waals surface area contributed by atoms with Gasteiger partial charge in [-0.25, -0.2) is 4.98 Å². The molecule has 0 aliphatic heterocycles. The highest BCUT2D eigenvalue weighted by Gasteiger charge is 2.21. The second-order valence-electron chi connectivity index (χ2n) is 5.37. The van der Waals surface area contributed by atoms with Gasteiger partial charge < -0.3 is 10.1 Å². The number of hydrogen-bond acceptors (Lipinski definition) is 6. The first-order valence-electron chi connectivity index (χ1n) is 7.69. The van der Waals surface area contributed by atoms with Crippen molar-refractivity contribution in [1.82, 2.24) is 10.3 Å². The van der Waals surface area contributed by atoms with E-state index < -0.39 is 12.0 Å². The number of ether oxygens (including phenoxy) is 1. The number of thiazole rings is 1. The molecule has 0 aliphatic rings. The van der Waals surface area contributed by atoms with Crippen LogP contribution in [-0.2, 0) is 9.53 Å². The summed E-state index contributed by atoms with van der Waals surface area (Å²) < 4.78 is 4.74. The van der Waals surface area contributed by atoms with Gasteiger partial charge in [-0.3, -0.25) is 9.59 Å². The highest BCUT2D eigenvalue weighted by Crippen LogP contribution is 2.28. The van der Waals surface area contributed by atoms with Gasteiger partial charge in [0.1, 0.15) is 10.7 Å². The van der Waals surface area contributed by atoms with Crippen molar-refractivity contribution >= 4 is 46.2 Å². The Labute approximate surface area is 163 Å². The van der Waals surface area contributed by atoms with Crippen LogP contribution in [0.3, 0.4) is 0 Å². The first-order chi connectivity index (χ1) is 12.6. The number of esters is 1. The normalized spacial score (nSPS) is 11.8. The van der Waals surface area contributed by atoms with Crippen LogP contribution in [0.5, 0.6) is 0 Å². The van der Waals surface area contributed by atoms with Crippen LogP contribution >= 0.6 is 34.3 Å². The van der Waals surface area contributed by atoms with Crippen molar-refractivity contribution in [1.29, 1.82) is 0 Å². The number of nitrogens with zero attached hydrogens (tertiary/aromatic N) is 1. The Bertz CT molecular complexity index is 892. The fourth-order valence-corrected chi connectivity index (χ4v) is 4.06. The Morgan fingerprint density at radius 3 is 2.65 bits per heavy atom. The molecule has 1 amide bonds. The highest BCUT2D eigenvalue weighted by molar-refractivity contribution is 7.20. The molecule has 0 fully saturated rings. The summed E-state index contributed by atoms with van der Waals surface area (Å²) in [7, 11) is 1.32. The summed E-state index contributed by atoms with van der Waals surface area (Å²) in [4.78, 5) is 29.7. The van der Waals surface area contributed by atoms with Crippen LogP contribution in [0.25, 0.3) is 9.88 Å². The van der Waals surface area contributed by atoms with Gasteiger partial charge >= 0.3 is 5.97 Å². The van der Waals surface area contributed by atoms with Crippen LogP contribution in [0.15, 0.2) is 47.2 Å². The molecule has 2 heterocycles. The van der Waals surface area contributed by atoms with Gasteiger partial charge in [-0.05, 0) is 29.1 Å². The van der Waals surface area contributed by atoms with Crippen molar-refractivity contribution in [3.63, 3.8) is 0 Å². The third-order valence-electron chi connectivity index (χ3n) is 3.64. The summed E-state index contributed by atoms with van der Waals surface area (Å²) in [5.41, 5.74) is 1.09. The molecule has 0 saturated heterocycles. The molecule has 0 spiro atoms. The predicted molar refractivity (Wildman–Crippen MR) is 104 cm³/mol. The van der Waals surface area contributed by atoms with E-state index in [9.17, 15) is 9.59 Å². The van der Waals surface area contributed by atoms with Crippen molar-refractivity contribution in [2.75, 3.05) is 7.11 Å². The van der Waals surface area contributed by atoms with E-state index in [1.54, 1.807) is 41.0 Å².